The highest BCUT2D eigenvalue weighted by Gasteiger charge is 2.35. The monoisotopic (exact) mass is 423 g/mol. The van der Waals surface area contributed by atoms with Crippen molar-refractivity contribution in [2.75, 3.05) is 39.4 Å². The van der Waals surface area contributed by atoms with Gasteiger partial charge in [-0.1, -0.05) is 12.8 Å². The molecule has 0 amide bonds. The van der Waals surface area contributed by atoms with E-state index in [1.807, 2.05) is 6.92 Å². The van der Waals surface area contributed by atoms with Gasteiger partial charge in [-0.3, -0.25) is 4.99 Å². The van der Waals surface area contributed by atoms with Crippen molar-refractivity contribution in [2.45, 2.75) is 52.4 Å². The first-order chi connectivity index (χ1) is 10.3. The quantitative estimate of drug-likeness (QED) is 0.295. The number of aliphatic imine (C=N–C) groups is 1. The molecule has 1 saturated carbocycles. The Morgan fingerprint density at radius 1 is 1.14 bits per heavy atom. The lowest BCUT2D eigenvalue weighted by Crippen LogP contribution is -2.40. The number of likely N-dealkylation sites (tertiary alicyclic amines) is 1. The second kappa shape index (κ2) is 11.5. The molecule has 0 radical (unpaired) electrons. The van der Waals surface area contributed by atoms with Crippen LogP contribution in [-0.4, -0.2) is 50.3 Å². The Morgan fingerprint density at radius 2 is 1.82 bits per heavy atom. The summed E-state index contributed by atoms with van der Waals surface area (Å²) < 4.78 is 5.38. The van der Waals surface area contributed by atoms with E-state index in [2.05, 4.69) is 17.1 Å². The van der Waals surface area contributed by atoms with Crippen molar-refractivity contribution in [3.63, 3.8) is 0 Å². The van der Waals surface area contributed by atoms with Gasteiger partial charge < -0.3 is 15.0 Å². The van der Waals surface area contributed by atoms with Gasteiger partial charge in [-0.25, -0.2) is 0 Å². The summed E-state index contributed by atoms with van der Waals surface area (Å²) in [6.07, 6.45) is 7.95. The van der Waals surface area contributed by atoms with E-state index in [4.69, 9.17) is 9.73 Å². The van der Waals surface area contributed by atoms with Crippen molar-refractivity contribution in [1.82, 2.24) is 10.2 Å². The normalized spacial score (nSPS) is 24.8. The van der Waals surface area contributed by atoms with Crippen LogP contribution in [0.1, 0.15) is 52.4 Å². The Balaban J connectivity index is 0.00000242. The lowest BCUT2D eigenvalue weighted by atomic mass is 9.82. The van der Waals surface area contributed by atoms with E-state index in [0.29, 0.717) is 0 Å². The minimum Gasteiger partial charge on any atom is -0.382 e. The zero-order chi connectivity index (χ0) is 14.9. The van der Waals surface area contributed by atoms with Crippen molar-refractivity contribution in [3.8, 4) is 0 Å². The maximum atomic E-state index is 5.38. The third kappa shape index (κ3) is 6.22. The number of hydrogen-bond donors (Lipinski definition) is 1. The summed E-state index contributed by atoms with van der Waals surface area (Å²) in [4.78, 5) is 7.33. The van der Waals surface area contributed by atoms with Gasteiger partial charge in [-0.2, -0.15) is 0 Å². The highest BCUT2D eigenvalue weighted by molar-refractivity contribution is 14.0. The highest BCUT2D eigenvalue weighted by Crippen LogP contribution is 2.35. The zero-order valence-electron chi connectivity index (χ0n) is 14.4. The average Bonchev–Trinajstić information content (AvgIpc) is 2.93. The lowest BCUT2D eigenvalue weighted by molar-refractivity contribution is 0.144. The fourth-order valence-corrected chi connectivity index (χ4v) is 3.65. The minimum atomic E-state index is 0. The van der Waals surface area contributed by atoms with Gasteiger partial charge in [0.1, 0.15) is 0 Å². The fraction of sp³-hybridized carbons (Fsp3) is 0.941. The Hall–Kier alpha value is -0.0400. The highest BCUT2D eigenvalue weighted by atomic mass is 127. The molecule has 0 aromatic rings. The van der Waals surface area contributed by atoms with E-state index in [1.165, 1.54) is 38.8 Å². The standard InChI is InChI=1S/C17H33N3O.HI/c1-3-18-17(19-11-7-8-12-21-4-2)20-13-15-9-5-6-10-16(15)14-20;/h15-16H,3-14H2,1-2H3,(H,18,19);1H. The van der Waals surface area contributed by atoms with Crippen molar-refractivity contribution in [3.05, 3.63) is 0 Å². The van der Waals surface area contributed by atoms with Gasteiger partial charge in [0.25, 0.3) is 0 Å². The summed E-state index contributed by atoms with van der Waals surface area (Å²) in [5.74, 6) is 2.98. The zero-order valence-corrected chi connectivity index (χ0v) is 16.7. The van der Waals surface area contributed by atoms with Crippen LogP contribution in [0.4, 0.5) is 0 Å². The predicted octanol–water partition coefficient (Wildman–Crippen LogP) is 3.51. The van der Waals surface area contributed by atoms with Crippen LogP contribution in [0.2, 0.25) is 0 Å². The molecule has 0 bridgehead atoms. The molecule has 1 aliphatic carbocycles. The number of ether oxygens (including phenoxy) is 1. The number of nitrogens with one attached hydrogen (secondary N) is 1. The summed E-state index contributed by atoms with van der Waals surface area (Å²) in [7, 11) is 0. The lowest BCUT2D eigenvalue weighted by Gasteiger charge is -2.22. The van der Waals surface area contributed by atoms with Crippen molar-refractivity contribution in [2.24, 2.45) is 16.8 Å². The molecule has 1 aliphatic heterocycles. The van der Waals surface area contributed by atoms with Crippen LogP contribution in [0.3, 0.4) is 0 Å². The number of unbranched alkanes of at least 4 members (excludes halogenated alkanes) is 1. The van der Waals surface area contributed by atoms with Crippen LogP contribution in [0.15, 0.2) is 4.99 Å². The molecule has 2 aliphatic rings. The number of hydrogen-bond acceptors (Lipinski definition) is 2. The van der Waals surface area contributed by atoms with E-state index in [0.717, 1.165) is 56.9 Å². The third-order valence-electron chi connectivity index (χ3n) is 4.77. The third-order valence-corrected chi connectivity index (χ3v) is 4.77. The van der Waals surface area contributed by atoms with Crippen LogP contribution in [0.5, 0.6) is 0 Å². The molecule has 2 fully saturated rings. The molecule has 1 heterocycles. The summed E-state index contributed by atoms with van der Waals surface area (Å²) in [6, 6.07) is 0. The molecule has 0 aromatic carbocycles. The summed E-state index contributed by atoms with van der Waals surface area (Å²) in [6.45, 7) is 10.2. The number of rotatable bonds is 7. The maximum absolute atomic E-state index is 5.38. The topological polar surface area (TPSA) is 36.9 Å². The fourth-order valence-electron chi connectivity index (χ4n) is 3.65. The molecule has 2 rings (SSSR count). The first-order valence-electron chi connectivity index (χ1n) is 8.96. The maximum Gasteiger partial charge on any atom is 0.193 e. The number of halogens is 1. The number of guanidine groups is 1. The SMILES string of the molecule is CCNC(=NCCCCOCC)N1CC2CCCCC2C1.I. The smallest absolute Gasteiger partial charge is 0.193 e. The summed E-state index contributed by atoms with van der Waals surface area (Å²) >= 11 is 0. The molecule has 2 atom stereocenters. The summed E-state index contributed by atoms with van der Waals surface area (Å²) in [5, 5.41) is 3.48. The molecular weight excluding hydrogens is 389 g/mol. The van der Waals surface area contributed by atoms with Gasteiger partial charge in [0.15, 0.2) is 5.96 Å². The van der Waals surface area contributed by atoms with Gasteiger partial charge in [-0.05, 0) is 51.4 Å². The van der Waals surface area contributed by atoms with Crippen molar-refractivity contribution in [1.29, 1.82) is 0 Å². The molecule has 0 aromatic heterocycles. The van der Waals surface area contributed by atoms with Gasteiger partial charge in [-0.15, -0.1) is 24.0 Å². The molecule has 1 N–H and O–H groups in total. The molecule has 2 unspecified atom stereocenters. The average molecular weight is 423 g/mol. The largest absolute Gasteiger partial charge is 0.382 e. The van der Waals surface area contributed by atoms with Crippen LogP contribution in [0, 0.1) is 11.8 Å². The van der Waals surface area contributed by atoms with E-state index in [-0.39, 0.29) is 24.0 Å². The number of fused-ring (bicyclic) bond motifs is 1. The Labute approximate surface area is 153 Å². The van der Waals surface area contributed by atoms with Crippen molar-refractivity contribution < 1.29 is 4.74 Å². The molecule has 130 valence electrons. The Morgan fingerprint density at radius 3 is 2.41 bits per heavy atom. The molecule has 4 nitrogen and oxygen atoms in total. The second-order valence-corrected chi connectivity index (χ2v) is 6.35. The summed E-state index contributed by atoms with van der Waals surface area (Å²) in [5.41, 5.74) is 0. The van der Waals surface area contributed by atoms with E-state index in [9.17, 15) is 0 Å². The van der Waals surface area contributed by atoms with Crippen LogP contribution >= 0.6 is 24.0 Å². The van der Waals surface area contributed by atoms with E-state index >= 15 is 0 Å². The molecule has 1 saturated heterocycles. The van der Waals surface area contributed by atoms with Gasteiger partial charge in [0, 0.05) is 39.4 Å². The predicted molar refractivity (Wildman–Crippen MR) is 104 cm³/mol. The minimum absolute atomic E-state index is 0. The van der Waals surface area contributed by atoms with Crippen LogP contribution in [-0.2, 0) is 4.74 Å². The molecule has 22 heavy (non-hydrogen) atoms. The van der Waals surface area contributed by atoms with Crippen LogP contribution < -0.4 is 5.32 Å². The first-order valence-corrected chi connectivity index (χ1v) is 8.96. The first kappa shape index (κ1) is 20.0. The van der Waals surface area contributed by atoms with Crippen molar-refractivity contribution >= 4 is 29.9 Å². The van der Waals surface area contributed by atoms with E-state index < -0.39 is 0 Å². The Bertz CT molecular complexity index is 311. The molecule has 5 heteroatoms. The van der Waals surface area contributed by atoms with Crippen LogP contribution in [0.25, 0.3) is 0 Å². The van der Waals surface area contributed by atoms with Gasteiger partial charge in [0.05, 0.1) is 0 Å². The van der Waals surface area contributed by atoms with Gasteiger partial charge in [0.2, 0.25) is 0 Å². The van der Waals surface area contributed by atoms with Gasteiger partial charge >= 0.3 is 0 Å². The number of nitrogens with zero attached hydrogens (tertiary/aromatic N) is 2. The van der Waals surface area contributed by atoms with E-state index in [1.54, 1.807) is 0 Å². The second-order valence-electron chi connectivity index (χ2n) is 6.35. The molecule has 0 spiro atoms. The Kier molecular flexibility index (Phi) is 10.4. The molecular formula is C17H34IN3O.